The Labute approximate surface area is 120 Å². The van der Waals surface area contributed by atoms with E-state index >= 15 is 0 Å². The molecule has 1 saturated heterocycles. The fraction of sp³-hybridized carbons (Fsp3) is 0.667. The average Bonchev–Trinajstić information content (AvgIpc) is 2.99. The Balaban J connectivity index is 1.64. The van der Waals surface area contributed by atoms with Crippen LogP contribution in [0.5, 0.6) is 0 Å². The molecular weight excluding hydrogens is 254 g/mol. The van der Waals surface area contributed by atoms with Gasteiger partial charge in [-0.1, -0.05) is 0 Å². The first-order valence-corrected chi connectivity index (χ1v) is 7.52. The van der Waals surface area contributed by atoms with Crippen molar-refractivity contribution in [2.45, 2.75) is 25.7 Å². The molecule has 1 aromatic rings. The Kier molecular flexibility index (Phi) is 6.08. The van der Waals surface area contributed by atoms with Gasteiger partial charge in [-0.2, -0.15) is 0 Å². The summed E-state index contributed by atoms with van der Waals surface area (Å²) in [7, 11) is 0. The third kappa shape index (κ3) is 4.65. The molecule has 2 rings (SSSR count). The minimum atomic E-state index is 0.239. The molecule has 0 spiro atoms. The van der Waals surface area contributed by atoms with E-state index in [4.69, 9.17) is 10.2 Å². The lowest BCUT2D eigenvalue weighted by molar-refractivity contribution is -0.133. The second kappa shape index (κ2) is 8.07. The SMILES string of the molecule is NCCCCN1CCN(C(=O)CCc2ccco2)CC1. The van der Waals surface area contributed by atoms with E-state index < -0.39 is 0 Å². The minimum absolute atomic E-state index is 0.239. The van der Waals surface area contributed by atoms with Crippen molar-refractivity contribution in [2.75, 3.05) is 39.3 Å². The summed E-state index contributed by atoms with van der Waals surface area (Å²) in [6.45, 7) is 5.53. The predicted octanol–water partition coefficient (Wildman–Crippen LogP) is 1.10. The van der Waals surface area contributed by atoms with Crippen molar-refractivity contribution in [3.63, 3.8) is 0 Å². The van der Waals surface area contributed by atoms with Crippen molar-refractivity contribution in [1.29, 1.82) is 0 Å². The van der Waals surface area contributed by atoms with Gasteiger partial charge in [0, 0.05) is 39.0 Å². The lowest BCUT2D eigenvalue weighted by Crippen LogP contribution is -2.48. The van der Waals surface area contributed by atoms with Gasteiger partial charge >= 0.3 is 0 Å². The van der Waals surface area contributed by atoms with Crippen LogP contribution in [0.2, 0.25) is 0 Å². The molecule has 1 amide bonds. The van der Waals surface area contributed by atoms with Gasteiger partial charge in [0.1, 0.15) is 5.76 Å². The molecule has 0 saturated carbocycles. The second-order valence-electron chi connectivity index (χ2n) is 5.30. The van der Waals surface area contributed by atoms with E-state index in [1.807, 2.05) is 17.0 Å². The Morgan fingerprint density at radius 1 is 1.25 bits per heavy atom. The average molecular weight is 279 g/mol. The number of aryl methyl sites for hydroxylation is 1. The largest absolute Gasteiger partial charge is 0.469 e. The summed E-state index contributed by atoms with van der Waals surface area (Å²) in [5.41, 5.74) is 5.50. The first-order chi connectivity index (χ1) is 9.79. The molecule has 2 heterocycles. The molecule has 0 aromatic carbocycles. The van der Waals surface area contributed by atoms with Crippen LogP contribution in [0.25, 0.3) is 0 Å². The van der Waals surface area contributed by atoms with Gasteiger partial charge < -0.3 is 15.1 Å². The number of nitrogens with two attached hydrogens (primary N) is 1. The highest BCUT2D eigenvalue weighted by Gasteiger charge is 2.20. The Hall–Kier alpha value is -1.33. The van der Waals surface area contributed by atoms with E-state index in [-0.39, 0.29) is 5.91 Å². The number of amides is 1. The van der Waals surface area contributed by atoms with Crippen LogP contribution in [0.15, 0.2) is 22.8 Å². The molecule has 20 heavy (non-hydrogen) atoms. The molecule has 2 N–H and O–H groups in total. The van der Waals surface area contributed by atoms with Crippen molar-refractivity contribution in [2.24, 2.45) is 5.73 Å². The zero-order chi connectivity index (χ0) is 14.2. The first-order valence-electron chi connectivity index (χ1n) is 7.52. The number of piperazine rings is 1. The molecule has 0 atom stereocenters. The number of nitrogens with zero attached hydrogens (tertiary/aromatic N) is 2. The van der Waals surface area contributed by atoms with Crippen LogP contribution in [-0.2, 0) is 11.2 Å². The highest BCUT2D eigenvalue weighted by atomic mass is 16.3. The maximum atomic E-state index is 12.1. The summed E-state index contributed by atoms with van der Waals surface area (Å²) in [5.74, 6) is 1.13. The van der Waals surface area contributed by atoms with E-state index in [1.54, 1.807) is 6.26 Å². The minimum Gasteiger partial charge on any atom is -0.469 e. The number of unbranched alkanes of at least 4 members (excludes halogenated alkanes) is 1. The fourth-order valence-corrected chi connectivity index (χ4v) is 2.54. The molecule has 1 aromatic heterocycles. The number of furan rings is 1. The molecule has 0 unspecified atom stereocenters. The zero-order valence-electron chi connectivity index (χ0n) is 12.1. The van der Waals surface area contributed by atoms with Gasteiger partial charge in [-0.15, -0.1) is 0 Å². The van der Waals surface area contributed by atoms with E-state index in [9.17, 15) is 4.79 Å². The third-order valence-electron chi connectivity index (χ3n) is 3.82. The lowest BCUT2D eigenvalue weighted by Gasteiger charge is -2.34. The van der Waals surface area contributed by atoms with Gasteiger partial charge in [-0.3, -0.25) is 9.69 Å². The summed E-state index contributed by atoms with van der Waals surface area (Å²) in [6, 6.07) is 3.78. The Morgan fingerprint density at radius 3 is 2.70 bits per heavy atom. The van der Waals surface area contributed by atoms with Gasteiger partial charge in [0.25, 0.3) is 0 Å². The fourth-order valence-electron chi connectivity index (χ4n) is 2.54. The quantitative estimate of drug-likeness (QED) is 0.759. The number of hydrogen-bond donors (Lipinski definition) is 1. The van der Waals surface area contributed by atoms with Gasteiger partial charge in [-0.05, 0) is 38.1 Å². The lowest BCUT2D eigenvalue weighted by atomic mass is 10.2. The van der Waals surface area contributed by atoms with Crippen molar-refractivity contribution in [3.05, 3.63) is 24.2 Å². The summed E-state index contributed by atoms with van der Waals surface area (Å²) in [4.78, 5) is 16.5. The molecule has 1 aliphatic rings. The molecule has 5 nitrogen and oxygen atoms in total. The number of rotatable bonds is 7. The van der Waals surface area contributed by atoms with Crippen LogP contribution in [0.4, 0.5) is 0 Å². The summed E-state index contributed by atoms with van der Waals surface area (Å²) in [5, 5.41) is 0. The van der Waals surface area contributed by atoms with Crippen LogP contribution in [0, 0.1) is 0 Å². The van der Waals surface area contributed by atoms with Gasteiger partial charge in [0.05, 0.1) is 6.26 Å². The summed E-state index contributed by atoms with van der Waals surface area (Å²) < 4.78 is 5.25. The summed E-state index contributed by atoms with van der Waals surface area (Å²) >= 11 is 0. The predicted molar refractivity (Wildman–Crippen MR) is 78.3 cm³/mol. The van der Waals surface area contributed by atoms with Crippen molar-refractivity contribution >= 4 is 5.91 Å². The maximum absolute atomic E-state index is 12.1. The molecule has 1 fully saturated rings. The zero-order valence-corrected chi connectivity index (χ0v) is 12.1. The van der Waals surface area contributed by atoms with Gasteiger partial charge in [0.2, 0.25) is 5.91 Å². The van der Waals surface area contributed by atoms with E-state index in [0.717, 1.165) is 57.9 Å². The number of hydrogen-bond acceptors (Lipinski definition) is 4. The van der Waals surface area contributed by atoms with Crippen LogP contribution in [-0.4, -0.2) is 55.0 Å². The first kappa shape index (κ1) is 15.1. The van der Waals surface area contributed by atoms with Crippen LogP contribution >= 0.6 is 0 Å². The number of carbonyl (C=O) groups is 1. The third-order valence-corrected chi connectivity index (χ3v) is 3.82. The molecule has 0 radical (unpaired) electrons. The Bertz CT molecular complexity index is 384. The molecule has 112 valence electrons. The standard InChI is InChI=1S/C15H25N3O2/c16-7-1-2-8-17-9-11-18(12-10-17)15(19)6-5-14-4-3-13-20-14/h3-4,13H,1-2,5-12,16H2. The van der Waals surface area contributed by atoms with Crippen LogP contribution in [0.3, 0.4) is 0 Å². The van der Waals surface area contributed by atoms with E-state index in [0.29, 0.717) is 12.8 Å². The number of carbonyl (C=O) groups excluding carboxylic acids is 1. The maximum Gasteiger partial charge on any atom is 0.223 e. The van der Waals surface area contributed by atoms with Crippen molar-refractivity contribution in [3.8, 4) is 0 Å². The van der Waals surface area contributed by atoms with Gasteiger partial charge in [-0.25, -0.2) is 0 Å². The van der Waals surface area contributed by atoms with Crippen molar-refractivity contribution in [1.82, 2.24) is 9.80 Å². The highest BCUT2D eigenvalue weighted by Crippen LogP contribution is 2.09. The molecule has 0 aliphatic carbocycles. The smallest absolute Gasteiger partial charge is 0.223 e. The topological polar surface area (TPSA) is 62.7 Å². The van der Waals surface area contributed by atoms with Gasteiger partial charge in [0.15, 0.2) is 0 Å². The molecule has 0 bridgehead atoms. The van der Waals surface area contributed by atoms with Crippen LogP contribution < -0.4 is 5.73 Å². The van der Waals surface area contributed by atoms with Crippen molar-refractivity contribution < 1.29 is 9.21 Å². The Morgan fingerprint density at radius 2 is 2.05 bits per heavy atom. The van der Waals surface area contributed by atoms with E-state index in [2.05, 4.69) is 4.90 Å². The normalized spacial score (nSPS) is 16.6. The highest BCUT2D eigenvalue weighted by molar-refractivity contribution is 5.76. The molecule has 5 heteroatoms. The second-order valence-corrected chi connectivity index (χ2v) is 5.30. The van der Waals surface area contributed by atoms with Crippen LogP contribution in [0.1, 0.15) is 25.0 Å². The molecular formula is C15H25N3O2. The molecule has 1 aliphatic heterocycles. The summed E-state index contributed by atoms with van der Waals surface area (Å²) in [6.07, 6.45) is 5.13. The monoisotopic (exact) mass is 279 g/mol. The van der Waals surface area contributed by atoms with E-state index in [1.165, 1.54) is 0 Å².